The van der Waals surface area contributed by atoms with Gasteiger partial charge in [0.1, 0.15) is 0 Å². The number of benzene rings is 1. The number of fused-ring (bicyclic) bond motifs is 20. The van der Waals surface area contributed by atoms with E-state index in [0.29, 0.717) is 7.92 Å². The Morgan fingerprint density at radius 3 is 1.49 bits per heavy atom. The standard InChI is InChI=1S/C18H17P.C17H26P.C5H5.C2H7N.2Fe/c1-2-15-9-8-14-18(15)19(17-12-6-7-13-17)16-10-4-3-5-11-16;1-3-9-15(10-4-1)18(17-13-7-8-14-17)16-11-5-2-6-12-16;1-2-4-5-3-1;1-3-2;;/h3-14H,2H2,1H3;7-8,13-16H,1-6,9-12H2;1-5H;3H,1-2H3;;. The number of nitrogens with one attached hydrogen (secondary N) is 1. The molecule has 14 atom stereocenters. The molecule has 14 unspecified atom stereocenters. The van der Waals surface area contributed by atoms with Gasteiger partial charge in [0, 0.05) is 0 Å². The van der Waals surface area contributed by atoms with Crippen LogP contribution in [0, 0.1) is 0 Å². The molecule has 2 spiro atoms. The Hall–Kier alpha value is 1.08. The Bertz CT molecular complexity index is 2820. The van der Waals surface area contributed by atoms with E-state index in [1.165, 1.54) is 82.8 Å². The van der Waals surface area contributed by atoms with Crippen molar-refractivity contribution in [3.8, 4) is 0 Å². The second-order valence-corrected chi connectivity index (χ2v) is 80.4. The van der Waals surface area contributed by atoms with Gasteiger partial charge in [0.05, 0.1) is 0 Å². The fourth-order valence-electron chi connectivity index (χ4n) is 41.0. The van der Waals surface area contributed by atoms with Crippen molar-refractivity contribution < 1.29 is 13.0 Å². The van der Waals surface area contributed by atoms with Gasteiger partial charge in [-0.25, -0.2) is 0 Å². The van der Waals surface area contributed by atoms with Gasteiger partial charge in [-0.05, 0) is 14.1 Å². The third-order valence-electron chi connectivity index (χ3n) is 36.3. The SMILES string of the molecule is CC[C]12[CH]3[CH]4[CH]5[C]1(P(c1ccccc1)[C]16[CH]7[CH]8[CH]9[CH]1[Fe]89761%10%11%12[CH]6[CH]1[CH]%10[C]%11(P(C1CCCCC1)C1CCCCC1)[CH]6%12)[Fe]43521678[CH]2[CH]1[CH]6[CH]7[CH]28.CNC. The topological polar surface area (TPSA) is 12.0 Å². The van der Waals surface area contributed by atoms with Crippen LogP contribution >= 0.6 is 15.8 Å². The molecule has 5 heteroatoms. The maximum Gasteiger partial charge on any atom is -0.0167 e. The maximum atomic E-state index is 2.89. The van der Waals surface area contributed by atoms with Crippen LogP contribution in [-0.4, -0.2) is 37.6 Å². The van der Waals surface area contributed by atoms with Gasteiger partial charge in [-0.2, -0.15) is 0 Å². The molecule has 1 nitrogen and oxygen atoms in total. The largest absolute Gasteiger partial charge is 0.323 e. The third-order valence-corrected chi connectivity index (χ3v) is 142. The molecule has 0 radical (unpaired) electrons. The fraction of sp³-hybridized carbons (Fsp3) is 0.857. The minimum absolute atomic E-state index is 0.174. The summed E-state index contributed by atoms with van der Waals surface area (Å²) >= 11 is 0. The van der Waals surface area contributed by atoms with Gasteiger partial charge in [-0.15, -0.1) is 0 Å². The summed E-state index contributed by atoms with van der Waals surface area (Å²) in [5, 5.41) is 4.89. The minimum Gasteiger partial charge on any atom is -0.323 e. The van der Waals surface area contributed by atoms with E-state index in [0.717, 1.165) is 12.4 Å². The van der Waals surface area contributed by atoms with E-state index in [-0.39, 0.29) is 7.92 Å². The van der Waals surface area contributed by atoms with Crippen LogP contribution in [0.4, 0.5) is 0 Å². The third kappa shape index (κ3) is 0.366. The Balaban J connectivity index is 0.000000652. The molecule has 0 aromatic heterocycles. The first-order valence-corrected chi connectivity index (χ1v) is 36.5. The van der Waals surface area contributed by atoms with Crippen LogP contribution in [0.5, 0.6) is 0 Å². The Morgan fingerprint density at radius 2 is 1.09 bits per heavy atom. The first-order chi connectivity index (χ1) is 22.7. The molecule has 2 saturated carbocycles. The molecule has 20 saturated heterocycles. The minimum atomic E-state index is -3.68. The van der Waals surface area contributed by atoms with Crippen LogP contribution < -0.4 is 10.6 Å². The quantitative estimate of drug-likeness (QED) is 0.216. The van der Waals surface area contributed by atoms with Crippen molar-refractivity contribution >= 4 is 21.1 Å². The van der Waals surface area contributed by atoms with Crippen molar-refractivity contribution in [3.05, 3.63) is 30.3 Å². The zero-order valence-corrected chi connectivity index (χ0v) is 32.7. The summed E-state index contributed by atoms with van der Waals surface area (Å²) in [4.78, 5) is 24.5. The molecule has 254 valence electrons. The van der Waals surface area contributed by atoms with Crippen LogP contribution in [0.3, 0.4) is 0 Å². The summed E-state index contributed by atoms with van der Waals surface area (Å²) in [5.41, 5.74) is 2.55. The smallest absolute Gasteiger partial charge is 0.0167 e. The second-order valence-electron chi connectivity index (χ2n) is 27.1. The van der Waals surface area contributed by atoms with E-state index >= 15 is 0 Å². The number of hydrogen-bond acceptors (Lipinski definition) is 1. The van der Waals surface area contributed by atoms with Gasteiger partial charge in [-0.1, -0.05) is 0 Å². The van der Waals surface area contributed by atoms with E-state index in [9.17, 15) is 0 Å². The summed E-state index contributed by atoms with van der Waals surface area (Å²) in [6.45, 7) is -4.25. The molecule has 1 aromatic rings. The van der Waals surface area contributed by atoms with Crippen molar-refractivity contribution in [2.75, 3.05) is 14.1 Å². The van der Waals surface area contributed by atoms with Crippen LogP contribution in [0.1, 0.15) is 77.6 Å². The van der Waals surface area contributed by atoms with Gasteiger partial charge >= 0.3 is 247 Å². The van der Waals surface area contributed by atoms with Crippen LogP contribution in [-0.2, 0) is 13.0 Å². The molecule has 1 N–H and O–H groups in total. The predicted octanol–water partition coefficient (Wildman–Crippen LogP) is 12.1. The summed E-state index contributed by atoms with van der Waals surface area (Å²) < 4.78 is 4.64. The van der Waals surface area contributed by atoms with Crippen molar-refractivity contribution in [1.29, 1.82) is 0 Å². The number of rotatable bonds is 7. The zero-order valence-electron chi connectivity index (χ0n) is 28.7. The fourth-order valence-corrected chi connectivity index (χ4v) is 239. The Labute approximate surface area is 264 Å². The molecule has 47 heavy (non-hydrogen) atoms. The van der Waals surface area contributed by atoms with Gasteiger partial charge in [-0.3, -0.25) is 0 Å². The normalized spacial score (nSPS) is 98.2. The first kappa shape index (κ1) is 22.3. The molecule has 0 amide bonds. The molecule has 20 heterocycles. The monoisotopic (exact) mass is 747 g/mol. The maximum absolute atomic E-state index is 3.68. The second kappa shape index (κ2) is 2.63. The van der Waals surface area contributed by atoms with E-state index in [2.05, 4.69) is 47.9 Å². The Morgan fingerprint density at radius 1 is 0.596 bits per heavy atom. The Kier molecular flexibility index (Phi) is 1.25. The predicted molar refractivity (Wildman–Crippen MR) is 190 cm³/mol. The molecule has 22 fully saturated rings. The zero-order chi connectivity index (χ0) is 29.8. The van der Waals surface area contributed by atoms with E-state index in [1.54, 1.807) is 80.3 Å². The van der Waals surface area contributed by atoms with E-state index in [1.807, 2.05) is 14.1 Å². The van der Waals surface area contributed by atoms with Crippen molar-refractivity contribution in [1.82, 2.24) is 5.32 Å². The summed E-state index contributed by atoms with van der Waals surface area (Å²) in [6, 6.07) is 13.4. The van der Waals surface area contributed by atoms with Crippen molar-refractivity contribution in [2.24, 2.45) is 0 Å². The molecule has 22 aliphatic rings. The van der Waals surface area contributed by atoms with Crippen LogP contribution in [0.2, 0.25) is 81.4 Å². The average Bonchev–Trinajstić information content (AvgIpc) is 3.97. The van der Waals surface area contributed by atoms with Gasteiger partial charge in [0.2, 0.25) is 0 Å². The summed E-state index contributed by atoms with van der Waals surface area (Å²) in [6.07, 6.45) is 18.4. The van der Waals surface area contributed by atoms with Gasteiger partial charge < -0.3 is 5.32 Å². The van der Waals surface area contributed by atoms with Crippen molar-refractivity contribution in [2.45, 2.75) is 182 Å². The van der Waals surface area contributed by atoms with Crippen LogP contribution in [0.15, 0.2) is 30.3 Å². The first-order valence-electron chi connectivity index (χ1n) is 21.3. The van der Waals surface area contributed by atoms with Gasteiger partial charge in [0.15, 0.2) is 0 Å². The summed E-state index contributed by atoms with van der Waals surface area (Å²) in [7, 11) is 4.28. The summed E-state index contributed by atoms with van der Waals surface area (Å²) in [5.74, 6) is 0. The molecule has 23 rings (SSSR count). The molecular formula is C42H55Fe2NP2. The van der Waals surface area contributed by atoms with Gasteiger partial charge in [0.25, 0.3) is 0 Å². The molecule has 0 bridgehead atoms. The number of hydrogen-bond donors (Lipinski definition) is 1. The molecule has 1 aromatic carbocycles. The van der Waals surface area contributed by atoms with Crippen LogP contribution in [0.25, 0.3) is 0 Å². The molecule has 20 aliphatic heterocycles. The van der Waals surface area contributed by atoms with E-state index in [4.69, 9.17) is 0 Å². The van der Waals surface area contributed by atoms with E-state index < -0.39 is 13.0 Å². The van der Waals surface area contributed by atoms with Crippen molar-refractivity contribution in [3.63, 3.8) is 0 Å². The molecule has 2 aliphatic carbocycles. The molecular weight excluding hydrogens is 692 g/mol. The average molecular weight is 748 g/mol.